The molecule has 0 aromatic heterocycles. The number of ether oxygens (including phenoxy) is 3. The van der Waals surface area contributed by atoms with Gasteiger partial charge in [0.15, 0.2) is 5.60 Å². The Morgan fingerprint density at radius 2 is 1.24 bits per heavy atom. The van der Waals surface area contributed by atoms with E-state index in [1.807, 2.05) is 128 Å². The number of piperidine rings is 1. The number of nitrogens with one attached hydrogen (secondary N) is 1. The van der Waals surface area contributed by atoms with Gasteiger partial charge in [0.25, 0.3) is 0 Å². The molecule has 0 saturated carbocycles. The van der Waals surface area contributed by atoms with Gasteiger partial charge in [-0.15, -0.1) is 0 Å². The Bertz CT molecular complexity index is 5080. The van der Waals surface area contributed by atoms with Gasteiger partial charge in [-0.3, -0.25) is 9.59 Å². The number of aromatic carboxylic acids is 1. The molecule has 3 atom stereocenters. The third-order valence-electron chi connectivity index (χ3n) is 22.2. The number of hydrogen-bond donors (Lipinski definition) is 5. The fourth-order valence-electron chi connectivity index (χ4n) is 16.9. The molecule has 7 aromatic carbocycles. The number of aliphatic carboxylic acids is 1. The number of anilines is 4. The summed E-state index contributed by atoms with van der Waals surface area (Å²) in [4.78, 5) is 72.5. The molecule has 20 nitrogen and oxygen atoms in total. The van der Waals surface area contributed by atoms with E-state index in [9.17, 15) is 44.4 Å². The number of phenols is 2. The second-order valence-electron chi connectivity index (χ2n) is 32.0. The molecule has 110 heavy (non-hydrogen) atoms. The number of rotatable bonds is 13. The van der Waals surface area contributed by atoms with Gasteiger partial charge in [-0.2, -0.15) is 4.58 Å². The van der Waals surface area contributed by atoms with Gasteiger partial charge in [-0.1, -0.05) is 73.4 Å². The molecule has 7 heterocycles. The highest BCUT2D eigenvalue weighted by Crippen LogP contribution is 2.60. The summed E-state index contributed by atoms with van der Waals surface area (Å²) in [7, 11) is 3.78. The molecule has 22 heteroatoms. The van der Waals surface area contributed by atoms with E-state index in [0.29, 0.717) is 91.1 Å². The van der Waals surface area contributed by atoms with Crippen LogP contribution in [-0.4, -0.2) is 143 Å². The number of carboxylic acid groups (broad SMARTS) is 2. The van der Waals surface area contributed by atoms with Crippen LogP contribution in [0.15, 0.2) is 150 Å². The van der Waals surface area contributed by atoms with Crippen LogP contribution in [0, 0.1) is 0 Å². The van der Waals surface area contributed by atoms with E-state index in [1.54, 1.807) is 53.4 Å². The Morgan fingerprint density at radius 1 is 0.655 bits per heavy atom. The summed E-state index contributed by atoms with van der Waals surface area (Å²) in [6.45, 7) is 25.3. The number of carboxylic acids is 2. The molecule has 15 rings (SSSR count). The number of amides is 2. The summed E-state index contributed by atoms with van der Waals surface area (Å²) < 4.78 is 27.2. The third-order valence-corrected chi connectivity index (χ3v) is 22.8. The first-order valence-corrected chi connectivity index (χ1v) is 38.8. The van der Waals surface area contributed by atoms with Gasteiger partial charge in [-0.05, 0) is 195 Å². The highest BCUT2D eigenvalue weighted by atomic mass is 35.5. The van der Waals surface area contributed by atoms with Crippen LogP contribution < -0.4 is 34.7 Å². The average molecular weight is 1530 g/mol. The Labute approximate surface area is 652 Å². The van der Waals surface area contributed by atoms with Crippen molar-refractivity contribution in [1.29, 1.82) is 0 Å². The van der Waals surface area contributed by atoms with Gasteiger partial charge >= 0.3 is 24.0 Å². The summed E-state index contributed by atoms with van der Waals surface area (Å²) in [6.07, 6.45) is 6.84. The molecule has 7 aromatic rings. The SMILES string of the molecule is CC(C)(C)OC(=O)N1CCNCC1.CC1CC(C)(C)N(CCCC(=O)N2CCCCC2)c2cc3c(cc21)C1(OC(=O)c2ccccc21)c1cc(Cl)c(N(C)c2ccc(O)cc2)cc1O3.CC1CC(C)(C)N(CCCC(=O)O)c2cc3oc4cc(=[N+](C)c5ccc(O)cc5)c(Cl)cc-4c(-c4ccccc4C(=O)O)c3cc21. The van der Waals surface area contributed by atoms with Crippen molar-refractivity contribution in [3.63, 3.8) is 0 Å². The minimum absolute atomic E-state index is 0.0776. The summed E-state index contributed by atoms with van der Waals surface area (Å²) in [6, 6.07) is 44.1. The maximum absolute atomic E-state index is 13.6. The standard InChI is InChI=1S/C42H44ClN3O5.C37H35ClN2O6.C9H18N2O2/c1-26-25-41(2,3)46(20-10-13-39(48)45-18-8-5-9-19-45)35-23-37-32(21-30(26)35)42(31-12-7-6-11-29(31)40(49)51-42)33-22-34(43)36(24-38(33)50-37)44(4)27-14-16-28(47)17-15-27;1-21-20-37(2,3)40(15-7-10-34(42)43)30-18-32-27(16-26(21)30)35(24-8-5-6-9-25(24)36(44)45)28-17-29(38)31(19-33(28)46-32)39(4)22-11-13-23(41)14-12-22;1-9(2,3)13-8(12)11-6-4-10-5-7-11/h6-7,11-12,14-17,21-24,26,47H,5,8-10,13,18-20,25H2,1-4H3;5-6,8-9,11-14,16-19,21H,7,10,15,20H2,1-4H3,(H2-,41,42,43,44,45);10H,4-7H2,1-3H3/p+1. The van der Waals surface area contributed by atoms with E-state index in [4.69, 9.17) is 41.8 Å². The van der Waals surface area contributed by atoms with E-state index in [2.05, 4.69) is 74.9 Å². The molecule has 1 spiro atoms. The molecule has 2 saturated heterocycles. The van der Waals surface area contributed by atoms with E-state index >= 15 is 0 Å². The van der Waals surface area contributed by atoms with E-state index in [1.165, 1.54) is 6.42 Å². The number of benzene rings is 8. The maximum atomic E-state index is 13.6. The monoisotopic (exact) mass is 1530 g/mol. The summed E-state index contributed by atoms with van der Waals surface area (Å²) in [5, 5.41) is 44.8. The van der Waals surface area contributed by atoms with Crippen LogP contribution in [0.1, 0.15) is 180 Å². The van der Waals surface area contributed by atoms with Crippen LogP contribution >= 0.6 is 23.2 Å². The maximum Gasteiger partial charge on any atom is 0.410 e. The van der Waals surface area contributed by atoms with Crippen LogP contribution in [0.2, 0.25) is 10.0 Å². The Hall–Kier alpha value is -10.3. The highest BCUT2D eigenvalue weighted by Gasteiger charge is 2.55. The average Bonchev–Trinajstić information content (AvgIpc) is 1.41. The lowest BCUT2D eigenvalue weighted by molar-refractivity contribution is -0.137. The first-order chi connectivity index (χ1) is 52.3. The number of nitrogens with zero attached hydrogens (tertiary/aromatic N) is 6. The molecule has 576 valence electrons. The Morgan fingerprint density at radius 3 is 1.87 bits per heavy atom. The number of carbonyl (C=O) groups is 5. The van der Waals surface area contributed by atoms with Crippen molar-refractivity contribution in [1.82, 2.24) is 19.7 Å². The largest absolute Gasteiger partial charge is 0.508 e. The van der Waals surface area contributed by atoms with Gasteiger partial charge < -0.3 is 68.9 Å². The van der Waals surface area contributed by atoms with Crippen LogP contribution in [0.5, 0.6) is 23.0 Å². The van der Waals surface area contributed by atoms with Crippen LogP contribution in [0.3, 0.4) is 0 Å². The number of fused-ring (bicyclic) bond motifs is 10. The van der Waals surface area contributed by atoms with Gasteiger partial charge in [0.2, 0.25) is 17.0 Å². The normalized spacial score (nSPS) is 18.9. The quantitative estimate of drug-likeness (QED) is 0.0410. The molecular weight excluding hydrogens is 1430 g/mol. The molecule has 0 radical (unpaired) electrons. The number of likely N-dealkylation sites (tertiary alicyclic amines) is 1. The van der Waals surface area contributed by atoms with Crippen LogP contribution in [0.25, 0.3) is 33.4 Å². The second-order valence-corrected chi connectivity index (χ2v) is 32.8. The zero-order chi connectivity index (χ0) is 78.5. The van der Waals surface area contributed by atoms with Crippen molar-refractivity contribution < 1.29 is 63.0 Å². The minimum atomic E-state index is -1.26. The smallest absolute Gasteiger partial charge is 0.410 e. The van der Waals surface area contributed by atoms with Crippen molar-refractivity contribution in [3.05, 3.63) is 200 Å². The van der Waals surface area contributed by atoms with Gasteiger partial charge in [0.1, 0.15) is 52.0 Å². The van der Waals surface area contributed by atoms with Gasteiger partial charge in [0, 0.05) is 164 Å². The van der Waals surface area contributed by atoms with Crippen molar-refractivity contribution in [2.75, 3.05) is 81.2 Å². The third kappa shape index (κ3) is 15.6. The van der Waals surface area contributed by atoms with Crippen molar-refractivity contribution in [3.8, 4) is 45.4 Å². The molecule has 5 N–H and O–H groups in total. The van der Waals surface area contributed by atoms with Crippen molar-refractivity contribution >= 4 is 92.5 Å². The molecule has 7 aliphatic heterocycles. The number of hydrogen-bond acceptors (Lipinski definition) is 15. The molecule has 0 bridgehead atoms. The summed E-state index contributed by atoms with van der Waals surface area (Å²) in [5.74, 6) is 0.422. The second kappa shape index (κ2) is 31.2. The Kier molecular flexibility index (Phi) is 22.1. The summed E-state index contributed by atoms with van der Waals surface area (Å²) in [5.41, 5.74) is 10.0. The van der Waals surface area contributed by atoms with Crippen LogP contribution in [0.4, 0.5) is 33.2 Å². The number of halogens is 2. The first kappa shape index (κ1) is 77.9. The zero-order valence-corrected chi connectivity index (χ0v) is 65.9. The topological polar surface area (TPSA) is 238 Å². The van der Waals surface area contributed by atoms with E-state index < -0.39 is 23.5 Å². The van der Waals surface area contributed by atoms with Gasteiger partial charge in [0.05, 0.1) is 27.9 Å². The lowest BCUT2D eigenvalue weighted by atomic mass is 9.74. The van der Waals surface area contributed by atoms with Crippen LogP contribution in [-0.2, 0) is 24.7 Å². The highest BCUT2D eigenvalue weighted by molar-refractivity contribution is 6.33. The molecular formula is C88H98Cl2N7O13+. The molecule has 8 aliphatic rings. The van der Waals surface area contributed by atoms with Crippen molar-refractivity contribution in [2.45, 2.75) is 154 Å². The molecule has 1 aliphatic carbocycles. The van der Waals surface area contributed by atoms with E-state index in [-0.39, 0.29) is 64.0 Å². The lowest BCUT2D eigenvalue weighted by Crippen LogP contribution is -2.49. The molecule has 2 amide bonds. The number of phenolic OH excluding ortho intramolecular Hbond substituents is 2. The van der Waals surface area contributed by atoms with Gasteiger partial charge in [-0.25, -0.2) is 14.4 Å². The number of esters is 1. The molecule has 3 unspecified atom stereocenters. The fraction of sp³-hybridized carbons (Fsp3) is 0.386. The zero-order valence-electron chi connectivity index (χ0n) is 64.4. The summed E-state index contributed by atoms with van der Waals surface area (Å²) >= 11 is 14.0. The predicted octanol–water partition coefficient (Wildman–Crippen LogP) is 18.0. The number of carbonyl (C=O) groups excluding carboxylic acids is 3. The number of piperazine rings is 1. The van der Waals surface area contributed by atoms with Crippen molar-refractivity contribution in [2.24, 2.45) is 0 Å². The fourth-order valence-corrected chi connectivity index (χ4v) is 17.5. The predicted molar refractivity (Wildman–Crippen MR) is 431 cm³/mol. The number of aromatic hydroxyl groups is 2. The Balaban J connectivity index is 0.000000167. The van der Waals surface area contributed by atoms with E-state index in [0.717, 1.165) is 128 Å². The molecule has 2 fully saturated rings. The minimum Gasteiger partial charge on any atom is -0.508 e. The first-order valence-electron chi connectivity index (χ1n) is 38.0. The lowest BCUT2D eigenvalue weighted by Gasteiger charge is -2.49.